The van der Waals surface area contributed by atoms with E-state index in [9.17, 15) is 4.79 Å². The minimum absolute atomic E-state index is 0.144. The van der Waals surface area contributed by atoms with E-state index in [4.69, 9.17) is 9.94 Å². The van der Waals surface area contributed by atoms with Crippen LogP contribution >= 0.6 is 0 Å². The highest BCUT2D eigenvalue weighted by Crippen LogP contribution is 2.18. The largest absolute Gasteiger partial charge is 0.481 e. The van der Waals surface area contributed by atoms with Gasteiger partial charge in [0.15, 0.2) is 0 Å². The second-order valence-corrected chi connectivity index (χ2v) is 7.14. The molecule has 0 atom stereocenters. The molecule has 0 aliphatic rings. The third-order valence-corrected chi connectivity index (χ3v) is 4.72. The molecule has 3 aromatic carbocycles. The number of nitrogens with zero attached hydrogens (tertiary/aromatic N) is 1. The average Bonchev–Trinajstić information content (AvgIpc) is 2.75. The van der Waals surface area contributed by atoms with Gasteiger partial charge in [0.2, 0.25) is 0 Å². The van der Waals surface area contributed by atoms with E-state index in [1.54, 1.807) is 7.11 Å². The molecule has 0 heterocycles. The fourth-order valence-corrected chi connectivity index (χ4v) is 3.31. The van der Waals surface area contributed by atoms with E-state index >= 15 is 0 Å². The smallest absolute Gasteiger partial charge is 0.303 e. The Bertz CT molecular complexity index is 1010. The van der Waals surface area contributed by atoms with Crippen LogP contribution in [0.3, 0.4) is 0 Å². The van der Waals surface area contributed by atoms with Gasteiger partial charge in [-0.15, -0.1) is 0 Å². The van der Waals surface area contributed by atoms with Gasteiger partial charge in [-0.05, 0) is 48.7 Å². The highest BCUT2D eigenvalue weighted by molar-refractivity contribution is 6.12. The first kappa shape index (κ1) is 21.1. The van der Waals surface area contributed by atoms with E-state index in [0.29, 0.717) is 13.0 Å². The molecule has 0 amide bonds. The van der Waals surface area contributed by atoms with Crippen molar-refractivity contribution >= 4 is 17.4 Å². The van der Waals surface area contributed by atoms with Gasteiger partial charge in [0.1, 0.15) is 12.8 Å². The number of benzene rings is 3. The normalized spacial score (nSPS) is 11.2. The first-order chi connectivity index (χ1) is 14.5. The molecule has 0 saturated carbocycles. The number of anilines is 1. The van der Waals surface area contributed by atoms with Crippen LogP contribution in [0.1, 0.15) is 34.2 Å². The zero-order chi connectivity index (χ0) is 21.3. The van der Waals surface area contributed by atoms with Crippen molar-refractivity contribution in [2.45, 2.75) is 26.3 Å². The van der Waals surface area contributed by atoms with Crippen molar-refractivity contribution in [2.24, 2.45) is 5.16 Å². The summed E-state index contributed by atoms with van der Waals surface area (Å²) in [5.41, 5.74) is 7.10. The van der Waals surface area contributed by atoms with Crippen molar-refractivity contribution in [3.05, 3.63) is 101 Å². The van der Waals surface area contributed by atoms with Crippen LogP contribution in [0.2, 0.25) is 0 Å². The summed E-state index contributed by atoms with van der Waals surface area (Å²) in [4.78, 5) is 15.8. The summed E-state index contributed by atoms with van der Waals surface area (Å²) in [5, 5.41) is 16.5. The Kier molecular flexibility index (Phi) is 7.22. The number of aryl methyl sites for hydroxylation is 2. The van der Waals surface area contributed by atoms with Gasteiger partial charge in [-0.1, -0.05) is 59.3 Å². The van der Waals surface area contributed by atoms with Gasteiger partial charge in [-0.25, -0.2) is 0 Å². The molecule has 2 N–H and O–H groups in total. The number of hydrogen-bond donors (Lipinski definition) is 2. The van der Waals surface area contributed by atoms with Gasteiger partial charge in [0.05, 0.1) is 0 Å². The standard InChI is InChI=1S/C25H26N2O3/c1-18-14-20(17-26-23-11-8-19(9-12-23)10-13-24(28)29)16-22(15-18)25(27-30-2)21-6-4-3-5-7-21/h3-9,11-12,14-16,26H,10,13,17H2,1-2H3,(H,28,29). The average molecular weight is 402 g/mol. The minimum atomic E-state index is -0.778. The molecule has 0 spiro atoms. The Morgan fingerprint density at radius 1 is 0.967 bits per heavy atom. The summed E-state index contributed by atoms with van der Waals surface area (Å²) in [7, 11) is 1.56. The first-order valence-electron chi connectivity index (χ1n) is 9.87. The summed E-state index contributed by atoms with van der Waals surface area (Å²) >= 11 is 0. The maximum absolute atomic E-state index is 10.7. The monoisotopic (exact) mass is 402 g/mol. The van der Waals surface area contributed by atoms with Crippen molar-refractivity contribution in [1.82, 2.24) is 0 Å². The van der Waals surface area contributed by atoms with E-state index in [1.807, 2.05) is 54.6 Å². The molecule has 0 fully saturated rings. The molecular weight excluding hydrogens is 376 g/mol. The number of rotatable bonds is 9. The Hall–Kier alpha value is -3.60. The van der Waals surface area contributed by atoms with E-state index in [2.05, 4.69) is 35.6 Å². The summed E-state index contributed by atoms with van der Waals surface area (Å²) in [5.74, 6) is -0.778. The molecule has 0 unspecified atom stereocenters. The van der Waals surface area contributed by atoms with Crippen LogP contribution in [0.25, 0.3) is 0 Å². The molecule has 0 aliphatic carbocycles. The van der Waals surface area contributed by atoms with E-state index in [-0.39, 0.29) is 6.42 Å². The van der Waals surface area contributed by atoms with E-state index < -0.39 is 5.97 Å². The minimum Gasteiger partial charge on any atom is -0.481 e. The van der Waals surface area contributed by atoms with Crippen molar-refractivity contribution in [1.29, 1.82) is 0 Å². The number of oxime groups is 1. The molecule has 3 rings (SSSR count). The lowest BCUT2D eigenvalue weighted by Gasteiger charge is -2.12. The topological polar surface area (TPSA) is 70.9 Å². The van der Waals surface area contributed by atoms with Crippen LogP contribution in [-0.4, -0.2) is 23.9 Å². The third kappa shape index (κ3) is 5.95. The molecule has 5 heteroatoms. The van der Waals surface area contributed by atoms with E-state index in [1.165, 1.54) is 0 Å². The van der Waals surface area contributed by atoms with Crippen LogP contribution in [-0.2, 0) is 22.6 Å². The van der Waals surface area contributed by atoms with Crippen molar-refractivity contribution in [2.75, 3.05) is 12.4 Å². The Morgan fingerprint density at radius 2 is 1.70 bits per heavy atom. The lowest BCUT2D eigenvalue weighted by Crippen LogP contribution is -2.07. The van der Waals surface area contributed by atoms with Crippen LogP contribution in [0, 0.1) is 6.92 Å². The van der Waals surface area contributed by atoms with Crippen LogP contribution in [0.5, 0.6) is 0 Å². The number of hydrogen-bond acceptors (Lipinski definition) is 4. The molecule has 5 nitrogen and oxygen atoms in total. The SMILES string of the molecule is CON=C(c1ccccc1)c1cc(C)cc(CNc2ccc(CCC(=O)O)cc2)c1. The second kappa shape index (κ2) is 10.3. The van der Waals surface area contributed by atoms with Crippen molar-refractivity contribution in [3.8, 4) is 0 Å². The van der Waals surface area contributed by atoms with Crippen LogP contribution in [0.15, 0.2) is 78.0 Å². The molecule has 0 saturated heterocycles. The highest BCUT2D eigenvalue weighted by Gasteiger charge is 2.10. The van der Waals surface area contributed by atoms with Gasteiger partial charge < -0.3 is 15.3 Å². The fraction of sp³-hybridized carbons (Fsp3) is 0.200. The molecule has 3 aromatic rings. The molecule has 0 bridgehead atoms. The maximum atomic E-state index is 10.7. The summed E-state index contributed by atoms with van der Waals surface area (Å²) in [6.45, 7) is 2.73. The molecule has 0 radical (unpaired) electrons. The molecular formula is C25H26N2O3. The fourth-order valence-electron chi connectivity index (χ4n) is 3.31. The number of aliphatic carboxylic acids is 1. The number of nitrogens with one attached hydrogen (secondary N) is 1. The third-order valence-electron chi connectivity index (χ3n) is 4.72. The summed E-state index contributed by atoms with van der Waals surface area (Å²) in [6.07, 6.45) is 0.684. The number of carbonyl (C=O) groups is 1. The maximum Gasteiger partial charge on any atom is 0.303 e. The van der Waals surface area contributed by atoms with Gasteiger partial charge in [-0.2, -0.15) is 0 Å². The van der Waals surface area contributed by atoms with Gasteiger partial charge in [0.25, 0.3) is 0 Å². The predicted molar refractivity (Wildman–Crippen MR) is 120 cm³/mol. The Labute approximate surface area is 177 Å². The summed E-state index contributed by atoms with van der Waals surface area (Å²) < 4.78 is 0. The zero-order valence-corrected chi connectivity index (χ0v) is 17.3. The highest BCUT2D eigenvalue weighted by atomic mass is 16.6. The predicted octanol–water partition coefficient (Wildman–Crippen LogP) is 5.02. The lowest BCUT2D eigenvalue weighted by molar-refractivity contribution is -0.136. The molecule has 30 heavy (non-hydrogen) atoms. The molecule has 0 aliphatic heterocycles. The zero-order valence-electron chi connectivity index (χ0n) is 17.3. The van der Waals surface area contributed by atoms with Crippen molar-refractivity contribution < 1.29 is 14.7 Å². The second-order valence-electron chi connectivity index (χ2n) is 7.14. The molecule has 154 valence electrons. The number of carboxylic acids is 1. The van der Waals surface area contributed by atoms with Crippen LogP contribution < -0.4 is 5.32 Å². The quantitative estimate of drug-likeness (QED) is 0.389. The molecule has 0 aromatic heterocycles. The van der Waals surface area contributed by atoms with E-state index in [0.717, 1.165) is 39.2 Å². The number of carboxylic acid groups (broad SMARTS) is 1. The Morgan fingerprint density at radius 3 is 2.37 bits per heavy atom. The van der Waals surface area contributed by atoms with Gasteiger partial charge in [-0.3, -0.25) is 4.79 Å². The lowest BCUT2D eigenvalue weighted by atomic mass is 9.98. The Balaban J connectivity index is 1.74. The van der Waals surface area contributed by atoms with Crippen molar-refractivity contribution in [3.63, 3.8) is 0 Å². The van der Waals surface area contributed by atoms with Gasteiger partial charge in [0, 0.05) is 29.8 Å². The summed E-state index contributed by atoms with van der Waals surface area (Å²) in [6, 6.07) is 24.2. The van der Waals surface area contributed by atoms with Gasteiger partial charge >= 0.3 is 5.97 Å². The first-order valence-corrected chi connectivity index (χ1v) is 9.87. The van der Waals surface area contributed by atoms with Crippen LogP contribution in [0.4, 0.5) is 5.69 Å².